The summed E-state index contributed by atoms with van der Waals surface area (Å²) in [7, 11) is 0. The van der Waals surface area contributed by atoms with Crippen molar-refractivity contribution in [2.24, 2.45) is 0 Å². The van der Waals surface area contributed by atoms with Gasteiger partial charge < -0.3 is 4.90 Å². The first-order chi connectivity index (χ1) is 14.7. The predicted molar refractivity (Wildman–Crippen MR) is 129 cm³/mol. The zero-order valence-electron chi connectivity index (χ0n) is 17.4. The van der Waals surface area contributed by atoms with Crippen LogP contribution in [0.4, 0.5) is 11.4 Å². The zero-order chi connectivity index (χ0) is 20.5. The van der Waals surface area contributed by atoms with E-state index >= 15 is 0 Å². The van der Waals surface area contributed by atoms with Crippen LogP contribution in [0.5, 0.6) is 0 Å². The van der Waals surface area contributed by atoms with E-state index in [4.69, 9.17) is 0 Å². The van der Waals surface area contributed by atoms with Gasteiger partial charge in [-0.3, -0.25) is 0 Å². The molecule has 1 heterocycles. The Hall–Kier alpha value is -3.58. The number of fused-ring (bicyclic) bond motifs is 3. The van der Waals surface area contributed by atoms with Crippen molar-refractivity contribution in [2.45, 2.75) is 19.9 Å². The molecule has 146 valence electrons. The molecule has 1 nitrogen and oxygen atoms in total. The highest BCUT2D eigenvalue weighted by Crippen LogP contribution is 2.48. The molecule has 0 aromatic heterocycles. The van der Waals surface area contributed by atoms with Crippen LogP contribution in [-0.2, 0) is 0 Å². The third kappa shape index (κ3) is 3.23. The molecule has 30 heavy (non-hydrogen) atoms. The molecule has 0 radical (unpaired) electrons. The van der Waals surface area contributed by atoms with E-state index in [0.29, 0.717) is 0 Å². The van der Waals surface area contributed by atoms with Gasteiger partial charge in [0.15, 0.2) is 0 Å². The van der Waals surface area contributed by atoms with E-state index in [0.717, 1.165) is 0 Å². The van der Waals surface area contributed by atoms with Gasteiger partial charge in [0, 0.05) is 16.9 Å². The Morgan fingerprint density at radius 1 is 0.633 bits per heavy atom. The fourth-order valence-electron chi connectivity index (χ4n) is 4.46. The summed E-state index contributed by atoms with van der Waals surface area (Å²) in [6.07, 6.45) is 4.39. The van der Waals surface area contributed by atoms with Crippen LogP contribution in [0.2, 0.25) is 0 Å². The molecular formula is C29H25N. The third-order valence-electron chi connectivity index (χ3n) is 6.01. The SMILES string of the molecule is Cc1ccccc1N1c2ccccc2-c2cc(/C=C/c3ccccc3)ccc2C1C. The standard InChI is InChI=1S/C29H25N/c1-21-10-6-8-14-28(21)30-22(2)25-19-18-24(17-16-23-11-4-3-5-12-23)20-27(25)26-13-7-9-15-29(26)30/h3-20,22H,1-2H3/b17-16+. The summed E-state index contributed by atoms with van der Waals surface area (Å²) >= 11 is 0. The van der Waals surface area contributed by atoms with Crippen LogP contribution in [0.15, 0.2) is 97.1 Å². The summed E-state index contributed by atoms with van der Waals surface area (Å²) in [5.74, 6) is 0. The number of rotatable bonds is 3. The van der Waals surface area contributed by atoms with Gasteiger partial charge in [0.25, 0.3) is 0 Å². The largest absolute Gasteiger partial charge is 0.333 e. The van der Waals surface area contributed by atoms with Crippen LogP contribution in [0, 0.1) is 6.92 Å². The zero-order valence-corrected chi connectivity index (χ0v) is 17.4. The molecule has 0 fully saturated rings. The molecule has 0 spiro atoms. The molecule has 4 aromatic carbocycles. The molecule has 1 aliphatic heterocycles. The van der Waals surface area contributed by atoms with E-state index < -0.39 is 0 Å². The maximum Gasteiger partial charge on any atom is 0.0569 e. The van der Waals surface area contributed by atoms with E-state index in [1.165, 1.54) is 44.8 Å². The van der Waals surface area contributed by atoms with Crippen molar-refractivity contribution in [1.82, 2.24) is 0 Å². The van der Waals surface area contributed by atoms with Gasteiger partial charge in [0.05, 0.1) is 6.04 Å². The van der Waals surface area contributed by atoms with E-state index in [9.17, 15) is 0 Å². The van der Waals surface area contributed by atoms with Gasteiger partial charge in [-0.1, -0.05) is 91.0 Å². The number of nitrogens with zero attached hydrogens (tertiary/aromatic N) is 1. The summed E-state index contributed by atoms with van der Waals surface area (Å²) in [5, 5.41) is 0. The molecule has 0 saturated carbocycles. The van der Waals surface area contributed by atoms with Crippen LogP contribution >= 0.6 is 0 Å². The van der Waals surface area contributed by atoms with E-state index in [2.05, 4.69) is 128 Å². The summed E-state index contributed by atoms with van der Waals surface area (Å²) < 4.78 is 0. The van der Waals surface area contributed by atoms with Gasteiger partial charge in [-0.25, -0.2) is 0 Å². The fraction of sp³-hybridized carbons (Fsp3) is 0.103. The predicted octanol–water partition coefficient (Wildman–Crippen LogP) is 8.05. The first-order valence-electron chi connectivity index (χ1n) is 10.5. The lowest BCUT2D eigenvalue weighted by molar-refractivity contribution is 0.764. The first-order valence-corrected chi connectivity index (χ1v) is 10.5. The second-order valence-corrected chi connectivity index (χ2v) is 7.94. The number of hydrogen-bond donors (Lipinski definition) is 0. The number of aryl methyl sites for hydroxylation is 1. The molecule has 4 aromatic rings. The lowest BCUT2D eigenvalue weighted by Crippen LogP contribution is -2.26. The van der Waals surface area contributed by atoms with Crippen LogP contribution < -0.4 is 4.90 Å². The maximum absolute atomic E-state index is 2.48. The van der Waals surface area contributed by atoms with Gasteiger partial charge >= 0.3 is 0 Å². The number of anilines is 2. The smallest absolute Gasteiger partial charge is 0.0569 e. The summed E-state index contributed by atoms with van der Waals surface area (Å²) in [4.78, 5) is 2.48. The van der Waals surface area contributed by atoms with Crippen LogP contribution in [-0.4, -0.2) is 0 Å². The minimum Gasteiger partial charge on any atom is -0.333 e. The second kappa shape index (κ2) is 7.68. The lowest BCUT2D eigenvalue weighted by Gasteiger charge is -2.39. The molecule has 1 atom stereocenters. The van der Waals surface area contributed by atoms with E-state index in [1.54, 1.807) is 0 Å². The molecule has 0 N–H and O–H groups in total. The molecule has 0 bridgehead atoms. The van der Waals surface area contributed by atoms with Crippen LogP contribution in [0.1, 0.15) is 35.2 Å². The van der Waals surface area contributed by atoms with Crippen molar-refractivity contribution in [3.05, 3.63) is 119 Å². The number of para-hydroxylation sites is 2. The minimum atomic E-state index is 0.267. The average molecular weight is 388 g/mol. The molecular weight excluding hydrogens is 362 g/mol. The van der Waals surface area contributed by atoms with Gasteiger partial charge in [-0.05, 0) is 59.9 Å². The van der Waals surface area contributed by atoms with Crippen molar-refractivity contribution in [3.63, 3.8) is 0 Å². The van der Waals surface area contributed by atoms with E-state index in [-0.39, 0.29) is 6.04 Å². The highest BCUT2D eigenvalue weighted by atomic mass is 15.2. The Morgan fingerprint density at radius 2 is 1.30 bits per heavy atom. The molecule has 1 heteroatoms. The number of hydrogen-bond acceptors (Lipinski definition) is 1. The van der Waals surface area contributed by atoms with Gasteiger partial charge in [-0.15, -0.1) is 0 Å². The molecule has 1 unspecified atom stereocenters. The lowest BCUT2D eigenvalue weighted by atomic mass is 9.86. The molecule has 0 aliphatic carbocycles. The van der Waals surface area contributed by atoms with Crippen LogP contribution in [0.25, 0.3) is 23.3 Å². The quantitative estimate of drug-likeness (QED) is 0.321. The topological polar surface area (TPSA) is 3.24 Å². The molecule has 0 amide bonds. The number of benzene rings is 4. The Kier molecular flexibility index (Phi) is 4.72. The molecule has 1 aliphatic rings. The maximum atomic E-state index is 2.48. The summed E-state index contributed by atoms with van der Waals surface area (Å²) in [6.45, 7) is 4.50. The highest BCUT2D eigenvalue weighted by Gasteiger charge is 2.29. The van der Waals surface area contributed by atoms with Gasteiger partial charge in [0.1, 0.15) is 0 Å². The fourth-order valence-corrected chi connectivity index (χ4v) is 4.46. The summed E-state index contributed by atoms with van der Waals surface area (Å²) in [5.41, 5.74) is 10.3. The first kappa shape index (κ1) is 18.4. The average Bonchev–Trinajstić information content (AvgIpc) is 2.79. The third-order valence-corrected chi connectivity index (χ3v) is 6.01. The Bertz CT molecular complexity index is 1220. The normalized spacial score (nSPS) is 15.1. The monoisotopic (exact) mass is 387 g/mol. The van der Waals surface area contributed by atoms with Crippen molar-refractivity contribution in [3.8, 4) is 11.1 Å². The Balaban J connectivity index is 1.61. The van der Waals surface area contributed by atoms with Crippen molar-refractivity contribution < 1.29 is 0 Å². The summed E-state index contributed by atoms with van der Waals surface area (Å²) in [6, 6.07) is 35.0. The van der Waals surface area contributed by atoms with E-state index in [1.807, 2.05) is 0 Å². The highest BCUT2D eigenvalue weighted by molar-refractivity contribution is 5.90. The van der Waals surface area contributed by atoms with Crippen LogP contribution in [0.3, 0.4) is 0 Å². The molecule has 0 saturated heterocycles. The van der Waals surface area contributed by atoms with Crippen molar-refractivity contribution in [1.29, 1.82) is 0 Å². The van der Waals surface area contributed by atoms with Crippen molar-refractivity contribution >= 4 is 23.5 Å². The minimum absolute atomic E-state index is 0.267. The molecule has 5 rings (SSSR count). The second-order valence-electron chi connectivity index (χ2n) is 7.94. The Morgan fingerprint density at radius 3 is 2.10 bits per heavy atom. The Labute approximate surface area is 178 Å². The van der Waals surface area contributed by atoms with Gasteiger partial charge in [-0.2, -0.15) is 0 Å². The van der Waals surface area contributed by atoms with Gasteiger partial charge in [0.2, 0.25) is 0 Å². The van der Waals surface area contributed by atoms with Crippen molar-refractivity contribution in [2.75, 3.05) is 4.90 Å².